The van der Waals surface area contributed by atoms with E-state index in [-0.39, 0.29) is 40.6 Å². The van der Waals surface area contributed by atoms with Crippen molar-refractivity contribution in [3.05, 3.63) is 41.5 Å². The molecule has 1 aromatic heterocycles. The van der Waals surface area contributed by atoms with E-state index in [1.54, 1.807) is 11.9 Å². The van der Waals surface area contributed by atoms with Gasteiger partial charge in [-0.25, -0.2) is 23.2 Å². The second kappa shape index (κ2) is 11.0. The predicted octanol–water partition coefficient (Wildman–Crippen LogP) is 2.17. The molecule has 1 aliphatic rings. The molecule has 2 heterocycles. The lowest BCUT2D eigenvalue weighted by Gasteiger charge is -2.41. The molecule has 9 nitrogen and oxygen atoms in total. The lowest BCUT2D eigenvalue weighted by atomic mass is 10.2. The number of rotatable bonds is 10. The van der Waals surface area contributed by atoms with E-state index in [4.69, 9.17) is 4.74 Å². The normalized spacial score (nSPS) is 15.5. The molecule has 1 fully saturated rings. The number of anilines is 1. The summed E-state index contributed by atoms with van der Waals surface area (Å²) in [6.45, 7) is 4.40. The Morgan fingerprint density at radius 3 is 2.78 bits per heavy atom. The van der Waals surface area contributed by atoms with Crippen LogP contribution in [-0.4, -0.2) is 55.4 Å². The Bertz CT molecular complexity index is 996. The van der Waals surface area contributed by atoms with Gasteiger partial charge in [-0.1, -0.05) is 23.9 Å². The number of aromatic nitrogens is 2. The van der Waals surface area contributed by atoms with Gasteiger partial charge in [0, 0.05) is 37.4 Å². The molecule has 174 valence electrons. The SMILES string of the molecule is CC(=O)NCC(C)Oc1cc(N(N2CCC2)S(=O)[O-])nc(SCc2cccc(F)c2F)n1. The number of benzene rings is 1. The van der Waals surface area contributed by atoms with Gasteiger partial charge in [-0.05, 0) is 19.4 Å². The molecule has 13 heteroatoms. The third kappa shape index (κ3) is 6.34. The molecule has 0 aliphatic carbocycles. The van der Waals surface area contributed by atoms with Gasteiger partial charge < -0.3 is 14.6 Å². The standard InChI is InChI=1S/C19H23F2N5O4S2/c1-12(10-22-13(2)27)30-17-9-16(26(32(28)29)25-7-4-8-25)23-19(24-17)31-11-14-5-3-6-15(20)18(14)21/h3,5-6,9,12H,4,7-8,10-11H2,1-2H3,(H,22,27)(H,28,29)/p-1. The number of ether oxygens (including phenoxy) is 1. The predicted molar refractivity (Wildman–Crippen MR) is 114 cm³/mol. The number of amides is 1. The van der Waals surface area contributed by atoms with Crippen LogP contribution in [0.3, 0.4) is 0 Å². The van der Waals surface area contributed by atoms with Crippen molar-refractivity contribution in [1.82, 2.24) is 20.3 Å². The minimum Gasteiger partial charge on any atom is -0.754 e. The number of thioether (sulfide) groups is 1. The van der Waals surface area contributed by atoms with Crippen molar-refractivity contribution < 1.29 is 27.1 Å². The van der Waals surface area contributed by atoms with Crippen LogP contribution in [0.5, 0.6) is 5.88 Å². The minimum atomic E-state index is -2.63. The first-order valence-electron chi connectivity index (χ1n) is 9.75. The molecule has 3 rings (SSSR count). The van der Waals surface area contributed by atoms with Gasteiger partial charge in [0.1, 0.15) is 6.10 Å². The fraction of sp³-hybridized carbons (Fsp3) is 0.421. The van der Waals surface area contributed by atoms with E-state index in [9.17, 15) is 22.3 Å². The Hall–Kier alpha value is -2.35. The quantitative estimate of drug-likeness (QED) is 0.309. The maximum absolute atomic E-state index is 14.0. The molecule has 0 bridgehead atoms. The largest absolute Gasteiger partial charge is 0.754 e. The van der Waals surface area contributed by atoms with Crippen LogP contribution in [0.1, 0.15) is 25.8 Å². The Labute approximate surface area is 190 Å². The van der Waals surface area contributed by atoms with Crippen LogP contribution in [0.25, 0.3) is 0 Å². The first kappa shape index (κ1) is 24.3. The summed E-state index contributed by atoms with van der Waals surface area (Å²) in [5.41, 5.74) is 0.123. The number of halogens is 2. The van der Waals surface area contributed by atoms with E-state index in [1.807, 2.05) is 0 Å². The van der Waals surface area contributed by atoms with Crippen molar-refractivity contribution in [3.8, 4) is 5.88 Å². The van der Waals surface area contributed by atoms with Crippen LogP contribution in [-0.2, 0) is 21.8 Å². The van der Waals surface area contributed by atoms with Gasteiger partial charge in [-0.3, -0.25) is 9.00 Å². The van der Waals surface area contributed by atoms with Crippen molar-refractivity contribution in [3.63, 3.8) is 0 Å². The van der Waals surface area contributed by atoms with Crippen molar-refractivity contribution in [2.24, 2.45) is 0 Å². The highest BCUT2D eigenvalue weighted by Crippen LogP contribution is 2.29. The van der Waals surface area contributed by atoms with Crippen LogP contribution in [0.4, 0.5) is 14.6 Å². The van der Waals surface area contributed by atoms with Crippen molar-refractivity contribution in [2.45, 2.75) is 37.3 Å². The van der Waals surface area contributed by atoms with E-state index >= 15 is 0 Å². The third-order valence-corrected chi connectivity index (χ3v) is 6.04. The monoisotopic (exact) mass is 486 g/mol. The summed E-state index contributed by atoms with van der Waals surface area (Å²) < 4.78 is 58.0. The smallest absolute Gasteiger partial charge is 0.219 e. The maximum atomic E-state index is 14.0. The lowest BCUT2D eigenvalue weighted by molar-refractivity contribution is -0.119. The van der Waals surface area contributed by atoms with Gasteiger partial charge in [0.15, 0.2) is 22.6 Å². The molecule has 2 atom stereocenters. The molecule has 2 aromatic rings. The van der Waals surface area contributed by atoms with Gasteiger partial charge >= 0.3 is 0 Å². The number of hydrazine groups is 1. The Kier molecular flexibility index (Phi) is 8.34. The Morgan fingerprint density at radius 1 is 1.41 bits per heavy atom. The molecule has 1 N–H and O–H groups in total. The second-order valence-electron chi connectivity index (χ2n) is 7.01. The summed E-state index contributed by atoms with van der Waals surface area (Å²) in [4.78, 5) is 19.7. The van der Waals surface area contributed by atoms with Gasteiger partial charge in [-0.15, -0.1) is 0 Å². The number of nitrogens with zero attached hydrogens (tertiary/aromatic N) is 4. The Morgan fingerprint density at radius 2 is 2.16 bits per heavy atom. The summed E-state index contributed by atoms with van der Waals surface area (Å²) in [7, 11) is 0. The molecule has 1 saturated heterocycles. The van der Waals surface area contributed by atoms with E-state index in [2.05, 4.69) is 15.3 Å². The van der Waals surface area contributed by atoms with Gasteiger partial charge in [0.25, 0.3) is 0 Å². The highest BCUT2D eigenvalue weighted by Gasteiger charge is 2.26. The first-order valence-corrected chi connectivity index (χ1v) is 11.8. The maximum Gasteiger partial charge on any atom is 0.219 e. The van der Waals surface area contributed by atoms with E-state index in [0.29, 0.717) is 13.1 Å². The summed E-state index contributed by atoms with van der Waals surface area (Å²) in [5.74, 6) is -1.96. The molecular weight excluding hydrogens is 464 g/mol. The van der Waals surface area contributed by atoms with Gasteiger partial charge in [-0.2, -0.15) is 4.98 Å². The molecular formula is C19H22F2N5O4S2-. The lowest BCUT2D eigenvalue weighted by Crippen LogP contribution is -2.51. The van der Waals surface area contributed by atoms with E-state index in [1.165, 1.54) is 25.1 Å². The highest BCUT2D eigenvalue weighted by molar-refractivity contribution is 7.98. The zero-order valence-electron chi connectivity index (χ0n) is 17.4. The van der Waals surface area contributed by atoms with Crippen LogP contribution in [0, 0.1) is 11.6 Å². The second-order valence-corrected chi connectivity index (χ2v) is 8.73. The molecule has 2 unspecified atom stereocenters. The van der Waals surface area contributed by atoms with Crippen LogP contribution in [0.2, 0.25) is 0 Å². The summed E-state index contributed by atoms with van der Waals surface area (Å²) in [5, 5.41) is 4.35. The average Bonchev–Trinajstić information content (AvgIpc) is 2.69. The van der Waals surface area contributed by atoms with Crippen LogP contribution < -0.4 is 14.5 Å². The first-order chi connectivity index (χ1) is 15.2. The van der Waals surface area contributed by atoms with Crippen molar-refractivity contribution in [1.29, 1.82) is 0 Å². The minimum absolute atomic E-state index is 0.0259. The van der Waals surface area contributed by atoms with E-state index in [0.717, 1.165) is 28.7 Å². The summed E-state index contributed by atoms with van der Waals surface area (Å²) >= 11 is -1.62. The zero-order valence-corrected chi connectivity index (χ0v) is 19.0. The average molecular weight is 487 g/mol. The number of nitrogens with one attached hydrogen (secondary N) is 1. The van der Waals surface area contributed by atoms with Crippen molar-refractivity contribution >= 4 is 34.8 Å². The molecule has 0 radical (unpaired) electrons. The molecule has 32 heavy (non-hydrogen) atoms. The molecule has 1 aliphatic heterocycles. The molecule has 0 spiro atoms. The van der Waals surface area contributed by atoms with Gasteiger partial charge in [0.2, 0.25) is 11.8 Å². The number of carbonyl (C=O) groups is 1. The third-order valence-electron chi connectivity index (χ3n) is 4.44. The zero-order chi connectivity index (χ0) is 23.3. The van der Waals surface area contributed by atoms with Crippen molar-refractivity contribution in [2.75, 3.05) is 24.0 Å². The van der Waals surface area contributed by atoms with Crippen LogP contribution in [0.15, 0.2) is 29.4 Å². The fourth-order valence-electron chi connectivity index (χ4n) is 2.75. The van der Waals surface area contributed by atoms with Crippen LogP contribution >= 0.6 is 11.8 Å². The van der Waals surface area contributed by atoms with E-state index < -0.39 is 29.0 Å². The molecule has 1 aromatic carbocycles. The summed E-state index contributed by atoms with van der Waals surface area (Å²) in [6.07, 6.45) is 0.381. The Balaban J connectivity index is 1.86. The number of carbonyl (C=O) groups excluding carboxylic acids is 1. The fourth-order valence-corrected chi connectivity index (χ4v) is 4.17. The highest BCUT2D eigenvalue weighted by atomic mass is 32.2. The molecule has 1 amide bonds. The molecule has 0 saturated carbocycles. The summed E-state index contributed by atoms with van der Waals surface area (Å²) in [6, 6.07) is 5.25. The topological polar surface area (TPSA) is 111 Å². The van der Waals surface area contributed by atoms with Gasteiger partial charge in [0.05, 0.1) is 17.8 Å². The number of hydrogen-bond acceptors (Lipinski definition) is 8. The number of hydrogen-bond donors (Lipinski definition) is 1.